The van der Waals surface area contributed by atoms with Crippen LogP contribution < -0.4 is 10.6 Å². The third-order valence-corrected chi connectivity index (χ3v) is 4.22. The first-order valence-corrected chi connectivity index (χ1v) is 9.18. The molecule has 0 unspecified atom stereocenters. The molecule has 4 rings (SSSR count). The van der Waals surface area contributed by atoms with Gasteiger partial charge in [-0.3, -0.25) is 9.36 Å². The molecule has 2 N–H and O–H groups in total. The van der Waals surface area contributed by atoms with Crippen LogP contribution in [-0.4, -0.2) is 25.4 Å². The van der Waals surface area contributed by atoms with Gasteiger partial charge in [-0.1, -0.05) is 0 Å². The lowest BCUT2D eigenvalue weighted by molar-refractivity contribution is -0.111. The van der Waals surface area contributed by atoms with E-state index in [1.54, 1.807) is 53.6 Å². The lowest BCUT2D eigenvalue weighted by Crippen LogP contribution is -2.07. The van der Waals surface area contributed by atoms with Crippen LogP contribution >= 0.6 is 0 Å². The fraction of sp³-hybridized carbons (Fsp3) is 0. The summed E-state index contributed by atoms with van der Waals surface area (Å²) in [7, 11) is 0. The third kappa shape index (κ3) is 5.15. The number of nitrogens with zero attached hydrogens (tertiary/aromatic N) is 4. The molecule has 0 aliphatic carbocycles. The van der Waals surface area contributed by atoms with Crippen LogP contribution in [0.1, 0.15) is 5.56 Å². The van der Waals surface area contributed by atoms with Gasteiger partial charge in [0.15, 0.2) is 0 Å². The van der Waals surface area contributed by atoms with Crippen LogP contribution in [0.15, 0.2) is 79.7 Å². The van der Waals surface area contributed by atoms with Gasteiger partial charge in [0.2, 0.25) is 5.91 Å². The van der Waals surface area contributed by atoms with Gasteiger partial charge in [0, 0.05) is 41.5 Å². The second kappa shape index (κ2) is 8.95. The summed E-state index contributed by atoms with van der Waals surface area (Å²) in [5.74, 6) is -0.395. The molecule has 0 saturated carbocycles. The largest absolute Gasteiger partial charge is 0.340 e. The number of rotatable bonds is 6. The van der Waals surface area contributed by atoms with E-state index >= 15 is 0 Å². The van der Waals surface area contributed by atoms with Crippen molar-refractivity contribution in [2.75, 3.05) is 10.6 Å². The minimum atomic E-state index is -0.609. The maximum atomic E-state index is 13.6. The SMILES string of the molecule is O=C(/C=C/c1cc(F)ccc1F)Nc1ccc(Nc2cc(-n3ccnc3)ncn2)cc1. The van der Waals surface area contributed by atoms with Gasteiger partial charge < -0.3 is 10.6 Å². The van der Waals surface area contributed by atoms with E-state index in [4.69, 9.17) is 0 Å². The molecule has 2 aromatic heterocycles. The molecule has 9 heteroatoms. The normalized spacial score (nSPS) is 10.9. The Morgan fingerprint density at radius 3 is 2.58 bits per heavy atom. The fourth-order valence-electron chi connectivity index (χ4n) is 2.73. The summed E-state index contributed by atoms with van der Waals surface area (Å²) in [5.41, 5.74) is 1.29. The number of imidazole rings is 1. The number of carbonyl (C=O) groups is 1. The number of hydrogen-bond donors (Lipinski definition) is 2. The van der Waals surface area contributed by atoms with Crippen molar-refractivity contribution in [1.82, 2.24) is 19.5 Å². The molecule has 1 amide bonds. The lowest BCUT2D eigenvalue weighted by atomic mass is 10.2. The maximum Gasteiger partial charge on any atom is 0.248 e. The highest BCUT2D eigenvalue weighted by Crippen LogP contribution is 2.19. The number of aromatic nitrogens is 4. The highest BCUT2D eigenvalue weighted by Gasteiger charge is 2.04. The molecule has 0 saturated heterocycles. The van der Waals surface area contributed by atoms with E-state index < -0.39 is 17.5 Å². The Morgan fingerprint density at radius 2 is 1.81 bits per heavy atom. The zero-order valence-corrected chi connectivity index (χ0v) is 16.0. The molecule has 2 aromatic carbocycles. The van der Waals surface area contributed by atoms with E-state index in [-0.39, 0.29) is 5.56 Å². The molecule has 0 aliphatic heterocycles. The van der Waals surface area contributed by atoms with E-state index in [1.807, 2.05) is 0 Å². The molecule has 2 heterocycles. The first kappa shape index (κ1) is 19.9. The van der Waals surface area contributed by atoms with Crippen LogP contribution in [0.4, 0.5) is 26.0 Å². The Balaban J connectivity index is 1.38. The number of amides is 1. The summed E-state index contributed by atoms with van der Waals surface area (Å²) >= 11 is 0. The summed E-state index contributed by atoms with van der Waals surface area (Å²) in [6.07, 6.45) is 8.88. The first-order valence-electron chi connectivity index (χ1n) is 9.18. The molecule has 0 atom stereocenters. The van der Waals surface area contributed by atoms with Crippen molar-refractivity contribution in [3.63, 3.8) is 0 Å². The number of halogens is 2. The van der Waals surface area contributed by atoms with Crippen LogP contribution in [0.3, 0.4) is 0 Å². The smallest absolute Gasteiger partial charge is 0.248 e. The van der Waals surface area contributed by atoms with Gasteiger partial charge in [-0.05, 0) is 48.5 Å². The van der Waals surface area contributed by atoms with Crippen LogP contribution in [0.25, 0.3) is 11.9 Å². The van der Waals surface area contributed by atoms with Crippen molar-refractivity contribution in [3.8, 4) is 5.82 Å². The Hall–Kier alpha value is -4.40. The zero-order chi connectivity index (χ0) is 21.6. The van der Waals surface area contributed by atoms with Crippen molar-refractivity contribution in [3.05, 3.63) is 96.9 Å². The van der Waals surface area contributed by atoms with E-state index in [2.05, 4.69) is 25.6 Å². The number of hydrogen-bond acceptors (Lipinski definition) is 5. The van der Waals surface area contributed by atoms with Gasteiger partial charge in [0.25, 0.3) is 0 Å². The molecule has 154 valence electrons. The van der Waals surface area contributed by atoms with Crippen molar-refractivity contribution in [2.24, 2.45) is 0 Å². The summed E-state index contributed by atoms with van der Waals surface area (Å²) in [6, 6.07) is 11.8. The van der Waals surface area contributed by atoms with E-state index in [1.165, 1.54) is 12.4 Å². The van der Waals surface area contributed by atoms with Crippen LogP contribution in [0.2, 0.25) is 0 Å². The van der Waals surface area contributed by atoms with E-state index in [0.29, 0.717) is 17.3 Å². The second-order valence-corrected chi connectivity index (χ2v) is 6.42. The molecule has 0 fully saturated rings. The molecule has 0 bridgehead atoms. The molecule has 0 aliphatic rings. The summed E-state index contributed by atoms with van der Waals surface area (Å²) in [5, 5.41) is 5.82. The molecular weight excluding hydrogens is 402 g/mol. The van der Waals surface area contributed by atoms with Crippen molar-refractivity contribution >= 4 is 29.2 Å². The lowest BCUT2D eigenvalue weighted by Gasteiger charge is -2.08. The van der Waals surface area contributed by atoms with Gasteiger partial charge in [0.1, 0.15) is 35.9 Å². The third-order valence-electron chi connectivity index (χ3n) is 4.22. The molecule has 7 nitrogen and oxygen atoms in total. The fourth-order valence-corrected chi connectivity index (χ4v) is 2.73. The van der Waals surface area contributed by atoms with E-state index in [0.717, 1.165) is 30.0 Å². The number of anilines is 3. The average molecular weight is 418 g/mol. The molecule has 31 heavy (non-hydrogen) atoms. The van der Waals surface area contributed by atoms with Crippen LogP contribution in [0, 0.1) is 11.6 Å². The van der Waals surface area contributed by atoms with Gasteiger partial charge in [-0.25, -0.2) is 23.7 Å². The van der Waals surface area contributed by atoms with Gasteiger partial charge in [-0.2, -0.15) is 0 Å². The molecule has 0 spiro atoms. The van der Waals surface area contributed by atoms with Crippen LogP contribution in [-0.2, 0) is 4.79 Å². The summed E-state index contributed by atoms with van der Waals surface area (Å²) in [6.45, 7) is 0. The van der Waals surface area contributed by atoms with Crippen molar-refractivity contribution < 1.29 is 13.6 Å². The number of carbonyl (C=O) groups excluding carboxylic acids is 1. The van der Waals surface area contributed by atoms with Crippen LogP contribution in [0.5, 0.6) is 0 Å². The first-order chi connectivity index (χ1) is 15.1. The molecular formula is C22H16F2N6O. The van der Waals surface area contributed by atoms with Gasteiger partial charge >= 0.3 is 0 Å². The summed E-state index contributed by atoms with van der Waals surface area (Å²) in [4.78, 5) is 24.4. The van der Waals surface area contributed by atoms with E-state index in [9.17, 15) is 13.6 Å². The van der Waals surface area contributed by atoms with Gasteiger partial charge in [0.05, 0.1) is 0 Å². The maximum absolute atomic E-state index is 13.6. The molecule has 4 aromatic rings. The van der Waals surface area contributed by atoms with Crippen molar-refractivity contribution in [1.29, 1.82) is 0 Å². The highest BCUT2D eigenvalue weighted by atomic mass is 19.1. The average Bonchev–Trinajstić information content (AvgIpc) is 3.31. The monoisotopic (exact) mass is 418 g/mol. The summed E-state index contributed by atoms with van der Waals surface area (Å²) < 4.78 is 28.6. The Bertz CT molecular complexity index is 1220. The molecule has 0 radical (unpaired) electrons. The van der Waals surface area contributed by atoms with Crippen molar-refractivity contribution in [2.45, 2.75) is 0 Å². The quantitative estimate of drug-likeness (QED) is 0.455. The number of benzene rings is 2. The number of nitrogens with one attached hydrogen (secondary N) is 2. The standard InChI is InChI=1S/C22H16F2N6O/c23-16-2-7-19(24)15(11-16)1-8-22(31)29-18-5-3-17(4-6-18)28-20-12-21(27-13-26-20)30-10-9-25-14-30/h1-14H,(H,29,31)(H,26,27,28)/b8-1+. The Kier molecular flexibility index (Phi) is 5.75. The minimum Gasteiger partial charge on any atom is -0.340 e. The topological polar surface area (TPSA) is 84.7 Å². The highest BCUT2D eigenvalue weighted by molar-refractivity contribution is 6.02. The zero-order valence-electron chi connectivity index (χ0n) is 16.0. The predicted molar refractivity (Wildman–Crippen MR) is 113 cm³/mol. The predicted octanol–water partition coefficient (Wildman–Crippen LogP) is 4.34. The van der Waals surface area contributed by atoms with Gasteiger partial charge in [-0.15, -0.1) is 0 Å². The Labute approximate surface area is 176 Å². The minimum absolute atomic E-state index is 0.00499. The second-order valence-electron chi connectivity index (χ2n) is 6.42. The Morgan fingerprint density at radius 1 is 1.00 bits per heavy atom.